The zero-order valence-electron chi connectivity index (χ0n) is 11.2. The van der Waals surface area contributed by atoms with E-state index in [9.17, 15) is 8.42 Å². The lowest BCUT2D eigenvalue weighted by atomic mass is 10.2. The molecule has 21 heavy (non-hydrogen) atoms. The summed E-state index contributed by atoms with van der Waals surface area (Å²) in [7, 11) is -3.06. The van der Waals surface area contributed by atoms with Gasteiger partial charge in [0.1, 0.15) is 6.61 Å². The molecule has 0 bridgehead atoms. The van der Waals surface area contributed by atoms with Crippen molar-refractivity contribution >= 4 is 33.0 Å². The minimum atomic E-state index is -3.06. The van der Waals surface area contributed by atoms with E-state index >= 15 is 0 Å². The fourth-order valence-electron chi connectivity index (χ4n) is 1.95. The third kappa shape index (κ3) is 4.48. The molecule has 0 saturated heterocycles. The maximum atomic E-state index is 11.3. The summed E-state index contributed by atoms with van der Waals surface area (Å²) in [4.78, 5) is 0. The summed E-state index contributed by atoms with van der Waals surface area (Å²) < 4.78 is 28.0. The van der Waals surface area contributed by atoms with E-state index in [-0.39, 0.29) is 11.8 Å². The predicted molar refractivity (Wildman–Crippen MR) is 85.7 cm³/mol. The van der Waals surface area contributed by atoms with Crippen LogP contribution in [0.25, 0.3) is 0 Å². The van der Waals surface area contributed by atoms with Crippen LogP contribution < -0.4 is 10.1 Å². The molecule has 1 aromatic rings. The van der Waals surface area contributed by atoms with E-state index in [0.29, 0.717) is 28.9 Å². The first-order valence-electron chi connectivity index (χ1n) is 6.27. The van der Waals surface area contributed by atoms with Crippen molar-refractivity contribution in [3.63, 3.8) is 0 Å². The molecule has 0 radical (unpaired) electrons. The van der Waals surface area contributed by atoms with Crippen molar-refractivity contribution in [2.75, 3.05) is 12.4 Å². The van der Waals surface area contributed by atoms with Crippen LogP contribution in [0.5, 0.6) is 5.75 Å². The molecule has 4 nitrogen and oxygen atoms in total. The Kier molecular flexibility index (Phi) is 5.32. The second-order valence-corrected chi connectivity index (χ2v) is 7.38. The average molecular weight is 348 g/mol. The van der Waals surface area contributed by atoms with Gasteiger partial charge in [0.15, 0.2) is 15.6 Å². The van der Waals surface area contributed by atoms with E-state index in [4.69, 9.17) is 27.9 Å². The molecule has 114 valence electrons. The predicted octanol–water partition coefficient (Wildman–Crippen LogP) is 2.96. The number of sulfone groups is 1. The second-order valence-electron chi connectivity index (χ2n) is 4.63. The molecular formula is C14H15Cl2NO3S. The van der Waals surface area contributed by atoms with Gasteiger partial charge in [0.25, 0.3) is 0 Å². The molecule has 2 rings (SSSR count). The normalized spacial score (nSPS) is 19.6. The summed E-state index contributed by atoms with van der Waals surface area (Å²) in [6, 6.07) is 3.29. The maximum absolute atomic E-state index is 11.3. The minimum Gasteiger partial charge on any atom is -0.486 e. The molecule has 1 N–H and O–H groups in total. The first kappa shape index (κ1) is 16.4. The molecule has 1 aromatic carbocycles. The molecule has 0 amide bonds. The third-order valence-corrected chi connectivity index (χ3v) is 4.86. The summed E-state index contributed by atoms with van der Waals surface area (Å²) in [5.74, 6) is 0.500. The van der Waals surface area contributed by atoms with Gasteiger partial charge in [0, 0.05) is 18.0 Å². The number of hydrogen-bond acceptors (Lipinski definition) is 4. The van der Waals surface area contributed by atoms with Crippen molar-refractivity contribution in [2.24, 2.45) is 0 Å². The average Bonchev–Trinajstić information content (AvgIpc) is 2.75. The van der Waals surface area contributed by atoms with Crippen molar-refractivity contribution < 1.29 is 13.2 Å². The standard InChI is InChI=1S/C14H15Cl2NO3S/c1-2-4-20-14-12(15)6-10(7-13(14)16)8-17-11-3-5-21(18,19)9-11/h2-3,5-7,11,17H,1,4,8-9H2/t11-/m0/s1. The van der Waals surface area contributed by atoms with Gasteiger partial charge in [-0.3, -0.25) is 0 Å². The second kappa shape index (κ2) is 6.83. The fraction of sp³-hybridized carbons (Fsp3) is 0.286. The summed E-state index contributed by atoms with van der Waals surface area (Å²) in [6.07, 6.45) is 3.25. The number of ether oxygens (including phenoxy) is 1. The van der Waals surface area contributed by atoms with Crippen molar-refractivity contribution in [3.05, 3.63) is 51.9 Å². The Labute approximate surface area is 134 Å². The Hall–Kier alpha value is -1.01. The smallest absolute Gasteiger partial charge is 0.173 e. The van der Waals surface area contributed by atoms with Gasteiger partial charge in [-0.25, -0.2) is 8.42 Å². The Morgan fingerprint density at radius 3 is 2.57 bits per heavy atom. The van der Waals surface area contributed by atoms with Gasteiger partial charge in [-0.2, -0.15) is 0 Å². The monoisotopic (exact) mass is 347 g/mol. The molecule has 0 spiro atoms. The first-order chi connectivity index (χ1) is 9.91. The summed E-state index contributed by atoms with van der Waals surface area (Å²) in [6.45, 7) is 4.35. The molecule has 1 aliphatic rings. The zero-order valence-corrected chi connectivity index (χ0v) is 13.5. The lowest BCUT2D eigenvalue weighted by molar-refractivity contribution is 0.363. The quantitative estimate of drug-likeness (QED) is 0.803. The molecule has 1 aliphatic heterocycles. The van der Waals surface area contributed by atoms with Crippen LogP contribution >= 0.6 is 23.2 Å². The highest BCUT2D eigenvalue weighted by Crippen LogP contribution is 2.34. The maximum Gasteiger partial charge on any atom is 0.173 e. The highest BCUT2D eigenvalue weighted by atomic mass is 35.5. The molecular weight excluding hydrogens is 333 g/mol. The molecule has 7 heteroatoms. The van der Waals surface area contributed by atoms with Crippen molar-refractivity contribution in [1.82, 2.24) is 5.32 Å². The topological polar surface area (TPSA) is 55.4 Å². The number of hydrogen-bond donors (Lipinski definition) is 1. The SMILES string of the molecule is C=CCOc1c(Cl)cc(CN[C@H]2C=CS(=O)(=O)C2)cc1Cl. The van der Waals surface area contributed by atoms with Crippen LogP contribution in [0.4, 0.5) is 0 Å². The van der Waals surface area contributed by atoms with Crippen LogP contribution in [0.2, 0.25) is 10.0 Å². The lowest BCUT2D eigenvalue weighted by Crippen LogP contribution is -2.29. The van der Waals surface area contributed by atoms with Crippen LogP contribution in [0.1, 0.15) is 5.56 Å². The van der Waals surface area contributed by atoms with Crippen molar-refractivity contribution in [2.45, 2.75) is 12.6 Å². The Morgan fingerprint density at radius 2 is 2.05 bits per heavy atom. The summed E-state index contributed by atoms with van der Waals surface area (Å²) in [5, 5.41) is 5.19. The molecule has 1 heterocycles. The van der Waals surface area contributed by atoms with Gasteiger partial charge in [0.05, 0.1) is 15.8 Å². The number of nitrogens with one attached hydrogen (secondary N) is 1. The van der Waals surface area contributed by atoms with E-state index < -0.39 is 9.84 Å². The van der Waals surface area contributed by atoms with Crippen molar-refractivity contribution in [3.8, 4) is 5.75 Å². The van der Waals surface area contributed by atoms with E-state index in [1.807, 2.05) is 0 Å². The van der Waals surface area contributed by atoms with Gasteiger partial charge in [0.2, 0.25) is 0 Å². The van der Waals surface area contributed by atoms with Gasteiger partial charge >= 0.3 is 0 Å². The van der Waals surface area contributed by atoms with E-state index in [1.165, 1.54) is 5.41 Å². The number of rotatable bonds is 6. The van der Waals surface area contributed by atoms with E-state index in [2.05, 4.69) is 11.9 Å². The van der Waals surface area contributed by atoms with Gasteiger partial charge in [-0.1, -0.05) is 41.9 Å². The van der Waals surface area contributed by atoms with Gasteiger partial charge in [-0.15, -0.1) is 0 Å². The Bertz CT molecular complexity index is 648. The first-order valence-corrected chi connectivity index (χ1v) is 8.74. The number of benzene rings is 1. The van der Waals surface area contributed by atoms with Crippen LogP contribution in [0, 0.1) is 0 Å². The highest BCUT2D eigenvalue weighted by molar-refractivity contribution is 7.94. The third-order valence-electron chi connectivity index (χ3n) is 2.90. The van der Waals surface area contributed by atoms with Crippen LogP contribution in [0.15, 0.2) is 36.3 Å². The van der Waals surface area contributed by atoms with Gasteiger partial charge < -0.3 is 10.1 Å². The van der Waals surface area contributed by atoms with Crippen LogP contribution in [-0.2, 0) is 16.4 Å². The molecule has 0 fully saturated rings. The highest BCUT2D eigenvalue weighted by Gasteiger charge is 2.21. The van der Waals surface area contributed by atoms with E-state index in [1.54, 1.807) is 24.3 Å². The largest absolute Gasteiger partial charge is 0.486 e. The molecule has 1 atom stereocenters. The molecule has 0 aromatic heterocycles. The fourth-order valence-corrected chi connectivity index (χ4v) is 3.86. The molecule has 0 saturated carbocycles. The lowest BCUT2D eigenvalue weighted by Gasteiger charge is -2.13. The van der Waals surface area contributed by atoms with Gasteiger partial charge in [-0.05, 0) is 17.7 Å². The summed E-state index contributed by atoms with van der Waals surface area (Å²) in [5.41, 5.74) is 0.855. The van der Waals surface area contributed by atoms with E-state index in [0.717, 1.165) is 5.56 Å². The molecule has 0 aliphatic carbocycles. The molecule has 0 unspecified atom stereocenters. The Morgan fingerprint density at radius 1 is 1.38 bits per heavy atom. The summed E-state index contributed by atoms with van der Waals surface area (Å²) >= 11 is 12.3. The van der Waals surface area contributed by atoms with Crippen LogP contribution in [0.3, 0.4) is 0 Å². The van der Waals surface area contributed by atoms with Crippen LogP contribution in [-0.4, -0.2) is 26.8 Å². The number of halogens is 2. The van der Waals surface area contributed by atoms with Crippen molar-refractivity contribution in [1.29, 1.82) is 0 Å². The minimum absolute atomic E-state index is 0.0784. The zero-order chi connectivity index (χ0) is 15.5. The Balaban J connectivity index is 2.02.